The van der Waals surface area contributed by atoms with Gasteiger partial charge in [0.05, 0.1) is 30.9 Å². The first-order chi connectivity index (χ1) is 13.0. The number of furan rings is 1. The Bertz CT molecular complexity index is 977. The predicted octanol–water partition coefficient (Wildman–Crippen LogP) is 1.54. The Labute approximate surface area is 155 Å². The molecule has 1 amide bonds. The van der Waals surface area contributed by atoms with Gasteiger partial charge in [-0.1, -0.05) is 0 Å². The van der Waals surface area contributed by atoms with E-state index < -0.39 is 12.1 Å². The number of aromatic nitrogens is 2. The van der Waals surface area contributed by atoms with Crippen LogP contribution in [0.4, 0.5) is 0 Å². The molecule has 1 fully saturated rings. The SMILES string of the molecule is Cc1oc2ccc(OCc3nccn3C)cc2c1C(=O)N[C@@H]1COC[C@H]1O. The van der Waals surface area contributed by atoms with Gasteiger partial charge in [-0.05, 0) is 25.1 Å². The third-order valence-electron chi connectivity index (χ3n) is 4.72. The average Bonchev–Trinajstić information content (AvgIpc) is 3.31. The van der Waals surface area contributed by atoms with Gasteiger partial charge < -0.3 is 28.9 Å². The number of ether oxygens (including phenoxy) is 2. The van der Waals surface area contributed by atoms with E-state index in [9.17, 15) is 9.90 Å². The standard InChI is InChI=1S/C19H21N3O5/c1-11-18(19(24)21-14-8-25-9-15(14)23)13-7-12(3-4-16(13)27-11)26-10-17-20-5-6-22(17)2/h3-7,14-15,23H,8-10H2,1-2H3,(H,21,24)/t14-,15-/m1/s1. The first-order valence-electron chi connectivity index (χ1n) is 8.71. The zero-order chi connectivity index (χ0) is 19.0. The molecule has 27 heavy (non-hydrogen) atoms. The van der Waals surface area contributed by atoms with E-state index in [4.69, 9.17) is 13.9 Å². The molecule has 0 aliphatic carbocycles. The van der Waals surface area contributed by atoms with Crippen LogP contribution in [0.1, 0.15) is 21.9 Å². The minimum absolute atomic E-state index is 0.223. The molecule has 1 aliphatic rings. The first-order valence-corrected chi connectivity index (χ1v) is 8.71. The van der Waals surface area contributed by atoms with Crippen molar-refractivity contribution in [2.75, 3.05) is 13.2 Å². The van der Waals surface area contributed by atoms with Gasteiger partial charge in [-0.3, -0.25) is 4.79 Å². The van der Waals surface area contributed by atoms with Crippen LogP contribution in [-0.4, -0.2) is 45.9 Å². The molecule has 8 heteroatoms. The summed E-state index contributed by atoms with van der Waals surface area (Å²) in [6.45, 7) is 2.57. The molecular formula is C19H21N3O5. The van der Waals surface area contributed by atoms with E-state index in [0.717, 1.165) is 5.82 Å². The number of hydrogen-bond donors (Lipinski definition) is 2. The number of aryl methyl sites for hydroxylation is 2. The van der Waals surface area contributed by atoms with Crippen molar-refractivity contribution in [2.24, 2.45) is 7.05 Å². The molecule has 4 rings (SSSR count). The van der Waals surface area contributed by atoms with Crippen molar-refractivity contribution in [2.45, 2.75) is 25.7 Å². The third-order valence-corrected chi connectivity index (χ3v) is 4.72. The number of imidazole rings is 1. The Morgan fingerprint density at radius 3 is 3.00 bits per heavy atom. The number of nitrogens with zero attached hydrogens (tertiary/aromatic N) is 2. The van der Waals surface area contributed by atoms with E-state index in [2.05, 4.69) is 10.3 Å². The molecule has 2 atom stereocenters. The van der Waals surface area contributed by atoms with Crippen molar-refractivity contribution < 1.29 is 23.8 Å². The molecule has 1 aromatic carbocycles. The van der Waals surface area contributed by atoms with Crippen LogP contribution in [0.15, 0.2) is 35.0 Å². The van der Waals surface area contributed by atoms with E-state index in [1.165, 1.54) is 0 Å². The van der Waals surface area contributed by atoms with Crippen LogP contribution in [0, 0.1) is 6.92 Å². The molecule has 8 nitrogen and oxygen atoms in total. The van der Waals surface area contributed by atoms with Gasteiger partial charge in [-0.25, -0.2) is 4.98 Å². The van der Waals surface area contributed by atoms with Crippen molar-refractivity contribution in [3.63, 3.8) is 0 Å². The molecule has 2 aromatic heterocycles. The maximum Gasteiger partial charge on any atom is 0.255 e. The number of amides is 1. The van der Waals surface area contributed by atoms with Crippen LogP contribution in [0.5, 0.6) is 5.75 Å². The largest absolute Gasteiger partial charge is 0.486 e. The summed E-state index contributed by atoms with van der Waals surface area (Å²) in [6.07, 6.45) is 2.86. The number of fused-ring (bicyclic) bond motifs is 1. The lowest BCUT2D eigenvalue weighted by Gasteiger charge is -2.14. The van der Waals surface area contributed by atoms with Crippen molar-refractivity contribution in [1.82, 2.24) is 14.9 Å². The number of nitrogens with one attached hydrogen (secondary N) is 1. The van der Waals surface area contributed by atoms with Crippen LogP contribution in [0.25, 0.3) is 11.0 Å². The summed E-state index contributed by atoms with van der Waals surface area (Å²) in [5.41, 5.74) is 1.04. The molecular weight excluding hydrogens is 350 g/mol. The van der Waals surface area contributed by atoms with Gasteiger partial charge in [0.2, 0.25) is 0 Å². The number of rotatable bonds is 5. The lowest BCUT2D eigenvalue weighted by Crippen LogP contribution is -2.42. The molecule has 2 N–H and O–H groups in total. The zero-order valence-corrected chi connectivity index (χ0v) is 15.1. The Balaban J connectivity index is 1.57. The van der Waals surface area contributed by atoms with Crippen molar-refractivity contribution in [1.29, 1.82) is 0 Å². The molecule has 0 spiro atoms. The summed E-state index contributed by atoms with van der Waals surface area (Å²) in [7, 11) is 1.90. The Morgan fingerprint density at radius 1 is 1.44 bits per heavy atom. The van der Waals surface area contributed by atoms with Crippen LogP contribution < -0.4 is 10.1 Å². The van der Waals surface area contributed by atoms with E-state index in [-0.39, 0.29) is 12.5 Å². The smallest absolute Gasteiger partial charge is 0.255 e. The lowest BCUT2D eigenvalue weighted by molar-refractivity contribution is 0.0886. The van der Waals surface area contributed by atoms with Gasteiger partial charge in [0.1, 0.15) is 29.5 Å². The van der Waals surface area contributed by atoms with E-state index in [1.54, 1.807) is 31.3 Å². The van der Waals surface area contributed by atoms with Crippen LogP contribution in [0.2, 0.25) is 0 Å². The summed E-state index contributed by atoms with van der Waals surface area (Å²) >= 11 is 0. The highest BCUT2D eigenvalue weighted by Gasteiger charge is 2.29. The Kier molecular flexibility index (Phi) is 4.59. The molecule has 1 aliphatic heterocycles. The number of hydrogen-bond acceptors (Lipinski definition) is 6. The number of aliphatic hydroxyl groups excluding tert-OH is 1. The maximum atomic E-state index is 12.8. The van der Waals surface area contributed by atoms with Gasteiger partial charge in [0, 0.05) is 24.8 Å². The van der Waals surface area contributed by atoms with E-state index in [0.29, 0.717) is 41.3 Å². The highest BCUT2D eigenvalue weighted by Crippen LogP contribution is 2.29. The monoisotopic (exact) mass is 371 g/mol. The molecule has 142 valence electrons. The maximum absolute atomic E-state index is 12.8. The second kappa shape index (κ2) is 7.05. The van der Waals surface area contributed by atoms with Gasteiger partial charge in [-0.15, -0.1) is 0 Å². The van der Waals surface area contributed by atoms with Gasteiger partial charge in [0.25, 0.3) is 5.91 Å². The molecule has 0 saturated carbocycles. The van der Waals surface area contributed by atoms with Crippen molar-refractivity contribution in [3.8, 4) is 5.75 Å². The molecule has 3 heterocycles. The number of benzene rings is 1. The van der Waals surface area contributed by atoms with E-state index >= 15 is 0 Å². The second-order valence-corrected chi connectivity index (χ2v) is 6.62. The summed E-state index contributed by atoms with van der Waals surface area (Å²) in [4.78, 5) is 17.0. The van der Waals surface area contributed by atoms with Crippen LogP contribution in [0.3, 0.4) is 0 Å². The third kappa shape index (κ3) is 3.41. The summed E-state index contributed by atoms with van der Waals surface area (Å²) in [6, 6.07) is 4.93. The van der Waals surface area contributed by atoms with Crippen LogP contribution >= 0.6 is 0 Å². The highest BCUT2D eigenvalue weighted by atomic mass is 16.5. The second-order valence-electron chi connectivity index (χ2n) is 6.62. The molecule has 3 aromatic rings. The van der Waals surface area contributed by atoms with Crippen molar-refractivity contribution >= 4 is 16.9 Å². The molecule has 1 saturated heterocycles. The average molecular weight is 371 g/mol. The zero-order valence-electron chi connectivity index (χ0n) is 15.1. The van der Waals surface area contributed by atoms with Crippen LogP contribution in [-0.2, 0) is 18.4 Å². The molecule has 0 unspecified atom stereocenters. The van der Waals surface area contributed by atoms with E-state index in [1.807, 2.05) is 17.8 Å². The summed E-state index contributed by atoms with van der Waals surface area (Å²) < 4.78 is 18.6. The first kappa shape index (κ1) is 17.6. The quantitative estimate of drug-likeness (QED) is 0.706. The predicted molar refractivity (Wildman–Crippen MR) is 96.6 cm³/mol. The summed E-state index contributed by atoms with van der Waals surface area (Å²) in [5.74, 6) is 1.62. The number of aliphatic hydroxyl groups is 1. The Morgan fingerprint density at radius 2 is 2.30 bits per heavy atom. The normalized spacial score (nSPS) is 19.5. The molecule has 0 radical (unpaired) electrons. The fourth-order valence-electron chi connectivity index (χ4n) is 3.18. The fourth-order valence-corrected chi connectivity index (χ4v) is 3.18. The molecule has 0 bridgehead atoms. The fraction of sp³-hybridized carbons (Fsp3) is 0.368. The minimum Gasteiger partial charge on any atom is -0.486 e. The van der Waals surface area contributed by atoms with Gasteiger partial charge in [-0.2, -0.15) is 0 Å². The van der Waals surface area contributed by atoms with Gasteiger partial charge >= 0.3 is 0 Å². The topological polar surface area (TPSA) is 98.8 Å². The summed E-state index contributed by atoms with van der Waals surface area (Å²) in [5, 5.41) is 13.3. The van der Waals surface area contributed by atoms with Crippen molar-refractivity contribution in [3.05, 3.63) is 47.7 Å². The number of carbonyl (C=O) groups is 1. The lowest BCUT2D eigenvalue weighted by atomic mass is 10.1. The minimum atomic E-state index is -0.705. The van der Waals surface area contributed by atoms with Gasteiger partial charge in [0.15, 0.2) is 0 Å². The highest BCUT2D eigenvalue weighted by molar-refractivity contribution is 6.07. The Hall–Kier alpha value is -2.84. The number of carbonyl (C=O) groups excluding carboxylic acids is 1.